The Morgan fingerprint density at radius 3 is 1.58 bits per heavy atom. The number of nitrogens with zero attached hydrogens (tertiary/aromatic N) is 5. The summed E-state index contributed by atoms with van der Waals surface area (Å²) in [4.78, 5) is 13.6. The van der Waals surface area contributed by atoms with Gasteiger partial charge in [0.2, 0.25) is 0 Å². The Morgan fingerprint density at radius 1 is 0.558 bits per heavy atom. The molecule has 43 heavy (non-hydrogen) atoms. The maximum Gasteiger partial charge on any atom is 0.163 e. The van der Waals surface area contributed by atoms with Crippen LogP contribution in [0.5, 0.6) is 0 Å². The average molecular weight is 556 g/mol. The first-order valence-corrected chi connectivity index (χ1v) is 14.4. The maximum atomic E-state index is 10.3. The van der Waals surface area contributed by atoms with Crippen LogP contribution in [0.1, 0.15) is 28.3 Å². The van der Waals surface area contributed by atoms with Gasteiger partial charge in [0.1, 0.15) is 17.7 Å². The zero-order valence-electron chi connectivity index (χ0n) is 24.6. The summed E-state index contributed by atoms with van der Waals surface area (Å²) in [6.45, 7) is 8.02. The van der Waals surface area contributed by atoms with Crippen LogP contribution in [0.2, 0.25) is 0 Å². The molecule has 0 unspecified atom stereocenters. The Morgan fingerprint density at radius 2 is 1.07 bits per heavy atom. The van der Waals surface area contributed by atoms with Gasteiger partial charge in [0, 0.05) is 16.3 Å². The first-order chi connectivity index (χ1) is 20.9. The molecule has 0 saturated carbocycles. The molecule has 0 fully saturated rings. The molecule has 5 heteroatoms. The summed E-state index contributed by atoms with van der Waals surface area (Å²) in [6.07, 6.45) is 0. The topological polar surface area (TPSA) is 67.4 Å². The van der Waals surface area contributed by atoms with E-state index in [9.17, 15) is 5.26 Å². The number of benzene rings is 5. The van der Waals surface area contributed by atoms with Gasteiger partial charge in [0.15, 0.2) is 5.82 Å². The van der Waals surface area contributed by atoms with E-state index < -0.39 is 0 Å². The first-order valence-electron chi connectivity index (χ1n) is 14.4. The molecule has 0 bridgehead atoms. The third-order valence-corrected chi connectivity index (χ3v) is 8.16. The minimum Gasteiger partial charge on any atom is -0.308 e. The van der Waals surface area contributed by atoms with Gasteiger partial charge in [-0.2, -0.15) is 5.26 Å². The van der Waals surface area contributed by atoms with E-state index in [2.05, 4.69) is 124 Å². The predicted octanol–water partition coefficient (Wildman–Crippen LogP) is 9.08. The second kappa shape index (κ2) is 10.3. The monoisotopic (exact) mass is 555 g/mol. The SMILES string of the molecule is Cc1nc(C)nc(-c2ccc(C#N)c(-n3c4cc(-c5ccccc5C)ccc4c4ccc(-c5ccccc5C)cc43)c2)n1. The summed E-state index contributed by atoms with van der Waals surface area (Å²) >= 11 is 0. The van der Waals surface area contributed by atoms with Gasteiger partial charge in [-0.05, 0) is 91.4 Å². The highest BCUT2D eigenvalue weighted by Crippen LogP contribution is 2.39. The fourth-order valence-corrected chi connectivity index (χ4v) is 6.10. The van der Waals surface area contributed by atoms with Gasteiger partial charge >= 0.3 is 0 Å². The van der Waals surface area contributed by atoms with Gasteiger partial charge in [0.05, 0.1) is 22.3 Å². The highest BCUT2D eigenvalue weighted by atomic mass is 15.0. The largest absolute Gasteiger partial charge is 0.308 e. The van der Waals surface area contributed by atoms with E-state index in [1.54, 1.807) is 0 Å². The Bertz CT molecular complexity index is 2130. The average Bonchev–Trinajstić information content (AvgIpc) is 3.33. The van der Waals surface area contributed by atoms with E-state index in [0.29, 0.717) is 23.0 Å². The maximum absolute atomic E-state index is 10.3. The van der Waals surface area contributed by atoms with Crippen LogP contribution in [-0.4, -0.2) is 19.5 Å². The van der Waals surface area contributed by atoms with Crippen molar-refractivity contribution >= 4 is 21.8 Å². The lowest BCUT2D eigenvalue weighted by atomic mass is 9.98. The highest BCUT2D eigenvalue weighted by Gasteiger charge is 2.19. The lowest BCUT2D eigenvalue weighted by molar-refractivity contribution is 0.928. The van der Waals surface area contributed by atoms with Gasteiger partial charge in [-0.3, -0.25) is 0 Å². The molecule has 0 atom stereocenters. The molecule has 5 nitrogen and oxygen atoms in total. The molecule has 7 rings (SSSR count). The normalized spacial score (nSPS) is 11.2. The van der Waals surface area contributed by atoms with Crippen LogP contribution in [-0.2, 0) is 0 Å². The van der Waals surface area contributed by atoms with Crippen molar-refractivity contribution in [2.75, 3.05) is 0 Å². The number of hydrogen-bond donors (Lipinski definition) is 0. The molecule has 0 N–H and O–H groups in total. The van der Waals surface area contributed by atoms with E-state index in [-0.39, 0.29) is 0 Å². The van der Waals surface area contributed by atoms with Crippen LogP contribution in [0.15, 0.2) is 103 Å². The predicted molar refractivity (Wildman–Crippen MR) is 174 cm³/mol. The van der Waals surface area contributed by atoms with E-state index in [1.165, 1.54) is 22.3 Å². The lowest BCUT2D eigenvalue weighted by Gasteiger charge is -2.14. The lowest BCUT2D eigenvalue weighted by Crippen LogP contribution is -2.02. The molecular formula is C38H29N5. The zero-order chi connectivity index (χ0) is 29.7. The van der Waals surface area contributed by atoms with Crippen LogP contribution >= 0.6 is 0 Å². The highest BCUT2D eigenvalue weighted by molar-refractivity contribution is 6.11. The molecule has 0 amide bonds. The summed E-state index contributed by atoms with van der Waals surface area (Å²) < 4.78 is 2.23. The van der Waals surface area contributed by atoms with Crippen molar-refractivity contribution in [2.45, 2.75) is 27.7 Å². The fraction of sp³-hybridized carbons (Fsp3) is 0.105. The molecule has 2 heterocycles. The second-order valence-corrected chi connectivity index (χ2v) is 11.0. The summed E-state index contributed by atoms with van der Waals surface area (Å²) in [7, 11) is 0. The van der Waals surface area contributed by atoms with Gasteiger partial charge in [-0.15, -0.1) is 0 Å². The van der Waals surface area contributed by atoms with Gasteiger partial charge in [0.25, 0.3) is 0 Å². The molecule has 206 valence electrons. The van der Waals surface area contributed by atoms with E-state index in [0.717, 1.165) is 44.2 Å². The van der Waals surface area contributed by atoms with Crippen LogP contribution in [0, 0.1) is 39.0 Å². The summed E-state index contributed by atoms with van der Waals surface area (Å²) in [5, 5.41) is 12.6. The van der Waals surface area contributed by atoms with Crippen LogP contribution in [0.25, 0.3) is 61.1 Å². The number of hydrogen-bond acceptors (Lipinski definition) is 4. The minimum atomic E-state index is 0.577. The molecule has 5 aromatic carbocycles. The summed E-state index contributed by atoms with van der Waals surface area (Å²) in [5.41, 5.74) is 11.3. The molecule has 2 aromatic heterocycles. The number of fused-ring (bicyclic) bond motifs is 3. The molecule has 0 aliphatic rings. The number of nitriles is 1. The van der Waals surface area contributed by atoms with Crippen molar-refractivity contribution in [2.24, 2.45) is 0 Å². The smallest absolute Gasteiger partial charge is 0.163 e. The van der Waals surface area contributed by atoms with E-state index in [1.807, 2.05) is 32.0 Å². The Hall–Kier alpha value is -5.60. The Labute approximate surface area is 250 Å². The summed E-state index contributed by atoms with van der Waals surface area (Å²) in [5.74, 6) is 1.92. The minimum absolute atomic E-state index is 0.577. The fourth-order valence-electron chi connectivity index (χ4n) is 6.10. The van der Waals surface area contributed by atoms with Crippen molar-refractivity contribution in [1.29, 1.82) is 5.26 Å². The molecule has 0 spiro atoms. The van der Waals surface area contributed by atoms with Crippen molar-refractivity contribution in [3.8, 4) is 45.4 Å². The number of aryl methyl sites for hydroxylation is 4. The molecule has 7 aromatic rings. The standard InChI is InChI=1S/C38H29N5/c1-23-9-5-7-11-31(23)27-15-17-33-34-18-16-28(32-12-8-6-10-24(32)2)20-37(34)43(36(33)19-27)35-21-29(13-14-30(35)22-39)38-41-25(3)40-26(4)42-38/h5-21H,1-4H3. The van der Waals surface area contributed by atoms with Gasteiger partial charge in [-0.1, -0.05) is 72.8 Å². The zero-order valence-corrected chi connectivity index (χ0v) is 24.6. The van der Waals surface area contributed by atoms with Crippen LogP contribution in [0.4, 0.5) is 0 Å². The van der Waals surface area contributed by atoms with Crippen LogP contribution in [0.3, 0.4) is 0 Å². The summed E-state index contributed by atoms with van der Waals surface area (Å²) in [6, 6.07) is 38.4. The third-order valence-electron chi connectivity index (χ3n) is 8.16. The van der Waals surface area contributed by atoms with E-state index >= 15 is 0 Å². The molecule has 0 radical (unpaired) electrons. The number of rotatable bonds is 4. The van der Waals surface area contributed by atoms with Crippen molar-refractivity contribution < 1.29 is 0 Å². The van der Waals surface area contributed by atoms with Crippen LogP contribution < -0.4 is 0 Å². The van der Waals surface area contributed by atoms with Crippen molar-refractivity contribution in [3.63, 3.8) is 0 Å². The Kier molecular flexibility index (Phi) is 6.33. The molecule has 0 aliphatic heterocycles. The molecule has 0 aliphatic carbocycles. The van der Waals surface area contributed by atoms with Crippen molar-refractivity contribution in [3.05, 3.63) is 131 Å². The Balaban J connectivity index is 1.57. The van der Waals surface area contributed by atoms with E-state index in [4.69, 9.17) is 0 Å². The second-order valence-electron chi connectivity index (χ2n) is 11.0. The van der Waals surface area contributed by atoms with Gasteiger partial charge < -0.3 is 4.57 Å². The number of aromatic nitrogens is 4. The van der Waals surface area contributed by atoms with Gasteiger partial charge in [-0.25, -0.2) is 15.0 Å². The molecule has 0 saturated heterocycles. The van der Waals surface area contributed by atoms with Crippen molar-refractivity contribution in [1.82, 2.24) is 19.5 Å². The first kappa shape index (κ1) is 26.3. The third kappa shape index (κ3) is 4.54. The quantitative estimate of drug-likeness (QED) is 0.217. The molecular weight excluding hydrogens is 526 g/mol.